The lowest BCUT2D eigenvalue weighted by molar-refractivity contribution is -0.115. The van der Waals surface area contributed by atoms with E-state index in [1.807, 2.05) is 48.5 Å². The highest BCUT2D eigenvalue weighted by molar-refractivity contribution is 7.99. The van der Waals surface area contributed by atoms with Gasteiger partial charge >= 0.3 is 0 Å². The zero-order chi connectivity index (χ0) is 18.2. The van der Waals surface area contributed by atoms with Crippen LogP contribution in [0, 0.1) is 0 Å². The minimum Gasteiger partial charge on any atom is -0.321 e. The molecule has 0 aromatic heterocycles. The molecule has 2 heterocycles. The number of amides is 1. The fraction of sp³-hybridized carbons (Fsp3) is 0.0417. The van der Waals surface area contributed by atoms with Gasteiger partial charge in [0.1, 0.15) is 0 Å². The van der Waals surface area contributed by atoms with Crippen molar-refractivity contribution in [3.8, 4) is 0 Å². The van der Waals surface area contributed by atoms with E-state index in [1.54, 1.807) is 11.8 Å². The van der Waals surface area contributed by atoms with Crippen LogP contribution in [0.2, 0.25) is 0 Å². The molecule has 2 nitrogen and oxygen atoms in total. The third-order valence-corrected chi connectivity index (χ3v) is 6.07. The molecule has 1 amide bonds. The molecule has 0 radical (unpaired) electrons. The molecule has 3 aromatic rings. The van der Waals surface area contributed by atoms with Gasteiger partial charge in [0.05, 0.1) is 11.3 Å². The van der Waals surface area contributed by atoms with Crippen molar-refractivity contribution in [3.63, 3.8) is 0 Å². The highest BCUT2D eigenvalue weighted by Crippen LogP contribution is 2.44. The molecule has 2 aliphatic rings. The number of benzene rings is 3. The summed E-state index contributed by atoms with van der Waals surface area (Å²) in [6.45, 7) is 0. The largest absolute Gasteiger partial charge is 0.321 e. The molecular formula is C24H17NOS. The SMILES string of the molecule is O=C1NC2=C(CSc3ccccc32)C1=C(c1ccccc1)c1ccccc1. The Morgan fingerprint density at radius 3 is 2.04 bits per heavy atom. The van der Waals surface area contributed by atoms with Crippen LogP contribution in [0.15, 0.2) is 101 Å². The van der Waals surface area contributed by atoms with E-state index in [0.717, 1.165) is 44.9 Å². The molecule has 0 bridgehead atoms. The Kier molecular flexibility index (Phi) is 3.95. The van der Waals surface area contributed by atoms with E-state index in [2.05, 4.69) is 41.7 Å². The van der Waals surface area contributed by atoms with Gasteiger partial charge in [0, 0.05) is 21.8 Å². The first-order valence-corrected chi connectivity index (χ1v) is 9.93. The van der Waals surface area contributed by atoms with Gasteiger partial charge < -0.3 is 5.32 Å². The monoisotopic (exact) mass is 367 g/mol. The van der Waals surface area contributed by atoms with Crippen LogP contribution in [0.1, 0.15) is 16.7 Å². The molecule has 0 spiro atoms. The summed E-state index contributed by atoms with van der Waals surface area (Å²) in [5.74, 6) is 0.781. The Bertz CT molecular complexity index is 1060. The second-order valence-electron chi connectivity index (χ2n) is 6.57. The summed E-state index contributed by atoms with van der Waals surface area (Å²) in [6, 6.07) is 28.7. The number of fused-ring (bicyclic) bond motifs is 2. The van der Waals surface area contributed by atoms with Crippen LogP contribution in [0.5, 0.6) is 0 Å². The minimum absolute atomic E-state index is 0.0139. The Balaban J connectivity index is 1.80. The lowest BCUT2D eigenvalue weighted by Crippen LogP contribution is -2.17. The van der Waals surface area contributed by atoms with Crippen molar-refractivity contribution < 1.29 is 4.79 Å². The zero-order valence-electron chi connectivity index (χ0n) is 14.6. The molecule has 130 valence electrons. The number of thioether (sulfide) groups is 1. The number of nitrogens with one attached hydrogen (secondary N) is 1. The minimum atomic E-state index is -0.0139. The van der Waals surface area contributed by atoms with Crippen molar-refractivity contribution >= 4 is 28.9 Å². The quantitative estimate of drug-likeness (QED) is 0.636. The first-order chi connectivity index (χ1) is 13.3. The van der Waals surface area contributed by atoms with Gasteiger partial charge in [-0.05, 0) is 22.8 Å². The number of carbonyl (C=O) groups is 1. The van der Waals surface area contributed by atoms with Crippen LogP contribution in [0.4, 0.5) is 0 Å². The molecule has 0 unspecified atom stereocenters. The summed E-state index contributed by atoms with van der Waals surface area (Å²) in [5.41, 5.74) is 7.11. The zero-order valence-corrected chi connectivity index (χ0v) is 15.4. The molecule has 2 aliphatic heterocycles. The lowest BCUT2D eigenvalue weighted by atomic mass is 9.89. The van der Waals surface area contributed by atoms with Crippen LogP contribution < -0.4 is 5.32 Å². The van der Waals surface area contributed by atoms with Crippen LogP contribution in [0.3, 0.4) is 0 Å². The van der Waals surface area contributed by atoms with Crippen LogP contribution in [0.25, 0.3) is 11.3 Å². The molecule has 27 heavy (non-hydrogen) atoms. The molecular weight excluding hydrogens is 350 g/mol. The summed E-state index contributed by atoms with van der Waals surface area (Å²) in [4.78, 5) is 14.3. The summed E-state index contributed by atoms with van der Waals surface area (Å²) < 4.78 is 0. The van der Waals surface area contributed by atoms with Crippen LogP contribution in [-0.2, 0) is 4.79 Å². The Labute approximate surface area is 162 Å². The predicted octanol–water partition coefficient (Wildman–Crippen LogP) is 5.14. The first-order valence-electron chi connectivity index (χ1n) is 8.95. The lowest BCUT2D eigenvalue weighted by Gasteiger charge is -2.18. The molecule has 0 saturated heterocycles. The maximum absolute atomic E-state index is 13.1. The van der Waals surface area contributed by atoms with Gasteiger partial charge in [-0.3, -0.25) is 4.79 Å². The summed E-state index contributed by atoms with van der Waals surface area (Å²) in [6.07, 6.45) is 0. The van der Waals surface area contributed by atoms with Gasteiger partial charge in [-0.2, -0.15) is 0 Å². The van der Waals surface area contributed by atoms with Gasteiger partial charge in [0.2, 0.25) is 0 Å². The van der Waals surface area contributed by atoms with Crippen molar-refractivity contribution in [2.24, 2.45) is 0 Å². The van der Waals surface area contributed by atoms with E-state index < -0.39 is 0 Å². The fourth-order valence-electron chi connectivity index (χ4n) is 3.77. The van der Waals surface area contributed by atoms with E-state index in [1.165, 1.54) is 4.90 Å². The van der Waals surface area contributed by atoms with Crippen LogP contribution >= 0.6 is 11.8 Å². The Morgan fingerprint density at radius 1 is 0.778 bits per heavy atom. The summed E-state index contributed by atoms with van der Waals surface area (Å²) in [5, 5.41) is 3.15. The maximum Gasteiger partial charge on any atom is 0.256 e. The predicted molar refractivity (Wildman–Crippen MR) is 111 cm³/mol. The van der Waals surface area contributed by atoms with E-state index in [9.17, 15) is 4.79 Å². The number of hydrogen-bond donors (Lipinski definition) is 1. The highest BCUT2D eigenvalue weighted by atomic mass is 32.2. The number of hydrogen-bond acceptors (Lipinski definition) is 2. The third kappa shape index (κ3) is 2.71. The average Bonchev–Trinajstić information content (AvgIpc) is 3.06. The van der Waals surface area contributed by atoms with Crippen molar-refractivity contribution in [2.75, 3.05) is 5.75 Å². The first kappa shape index (κ1) is 16.2. The Hall–Kier alpha value is -3.04. The topological polar surface area (TPSA) is 29.1 Å². The maximum atomic E-state index is 13.1. The summed E-state index contributed by atoms with van der Waals surface area (Å²) in [7, 11) is 0. The molecule has 3 heteroatoms. The molecule has 0 atom stereocenters. The second-order valence-corrected chi connectivity index (χ2v) is 7.59. The molecule has 0 aliphatic carbocycles. The molecule has 3 aromatic carbocycles. The second kappa shape index (κ2) is 6.60. The normalized spacial score (nSPS) is 15.3. The van der Waals surface area contributed by atoms with Crippen molar-refractivity contribution in [1.29, 1.82) is 0 Å². The smallest absolute Gasteiger partial charge is 0.256 e. The van der Waals surface area contributed by atoms with E-state index >= 15 is 0 Å². The number of rotatable bonds is 2. The van der Waals surface area contributed by atoms with E-state index in [4.69, 9.17) is 0 Å². The van der Waals surface area contributed by atoms with Gasteiger partial charge in [-0.25, -0.2) is 0 Å². The van der Waals surface area contributed by atoms with Crippen LogP contribution in [-0.4, -0.2) is 11.7 Å². The van der Waals surface area contributed by atoms with Crippen molar-refractivity contribution in [2.45, 2.75) is 4.90 Å². The number of carbonyl (C=O) groups excluding carboxylic acids is 1. The van der Waals surface area contributed by atoms with Gasteiger partial charge in [-0.15, -0.1) is 11.8 Å². The van der Waals surface area contributed by atoms with Crippen molar-refractivity contribution in [3.05, 3.63) is 113 Å². The summed E-state index contributed by atoms with van der Waals surface area (Å²) >= 11 is 1.79. The van der Waals surface area contributed by atoms with Gasteiger partial charge in [0.25, 0.3) is 5.91 Å². The molecule has 0 saturated carbocycles. The third-order valence-electron chi connectivity index (χ3n) is 4.97. The molecule has 0 fully saturated rings. The Morgan fingerprint density at radius 2 is 1.37 bits per heavy atom. The highest BCUT2D eigenvalue weighted by Gasteiger charge is 2.34. The van der Waals surface area contributed by atoms with Gasteiger partial charge in [-0.1, -0.05) is 78.9 Å². The van der Waals surface area contributed by atoms with E-state index in [0.29, 0.717) is 0 Å². The van der Waals surface area contributed by atoms with Crippen molar-refractivity contribution in [1.82, 2.24) is 5.32 Å². The molecule has 5 rings (SSSR count). The molecule has 1 N–H and O–H groups in total. The fourth-order valence-corrected chi connectivity index (χ4v) is 4.86. The average molecular weight is 367 g/mol. The van der Waals surface area contributed by atoms with E-state index in [-0.39, 0.29) is 5.91 Å². The van der Waals surface area contributed by atoms with Gasteiger partial charge in [0.15, 0.2) is 0 Å². The standard InChI is InChI=1S/C24H17NOS/c26-24-22(19-15-27-20-14-8-7-13-18(20)23(19)25-24)21(16-9-3-1-4-10-16)17-11-5-2-6-12-17/h1-14H,15H2,(H,25,26).